The molecule has 0 radical (unpaired) electrons. The summed E-state index contributed by atoms with van der Waals surface area (Å²) in [5, 5.41) is 1.46. The Kier molecular flexibility index (Phi) is 3.75. The van der Waals surface area contributed by atoms with Gasteiger partial charge in [-0.25, -0.2) is 10.9 Å². The minimum atomic E-state index is -0.909. The van der Waals surface area contributed by atoms with Gasteiger partial charge >= 0.3 is 5.97 Å². The number of nitrogens with zero attached hydrogens (tertiary/aromatic N) is 1. The molecule has 20 heavy (non-hydrogen) atoms. The molecule has 0 spiro atoms. The SMILES string of the molecule is CC(C)(C)OC(=O)C1Cc2ccc(Cl)cc2N(N)C1=O. The van der Waals surface area contributed by atoms with Crippen molar-refractivity contribution in [3.8, 4) is 0 Å². The second-order valence-corrected chi connectivity index (χ2v) is 6.21. The molecule has 1 aliphatic rings. The maximum Gasteiger partial charge on any atom is 0.319 e. The van der Waals surface area contributed by atoms with E-state index in [0.29, 0.717) is 10.7 Å². The van der Waals surface area contributed by atoms with Crippen LogP contribution in [0, 0.1) is 5.92 Å². The molecule has 0 saturated heterocycles. The average Bonchev–Trinajstić information content (AvgIpc) is 2.32. The highest BCUT2D eigenvalue weighted by atomic mass is 35.5. The Hall–Kier alpha value is -1.59. The van der Waals surface area contributed by atoms with Crippen LogP contribution in [0.25, 0.3) is 0 Å². The maximum atomic E-state index is 12.2. The van der Waals surface area contributed by atoms with E-state index in [1.165, 1.54) is 0 Å². The van der Waals surface area contributed by atoms with E-state index in [9.17, 15) is 9.59 Å². The van der Waals surface area contributed by atoms with Gasteiger partial charge in [0.2, 0.25) is 0 Å². The lowest BCUT2D eigenvalue weighted by Gasteiger charge is -2.31. The first-order chi connectivity index (χ1) is 9.19. The van der Waals surface area contributed by atoms with Crippen LogP contribution < -0.4 is 10.9 Å². The first kappa shape index (κ1) is 14.8. The molecule has 1 amide bonds. The third-order valence-corrected chi connectivity index (χ3v) is 3.19. The molecule has 1 aliphatic heterocycles. The summed E-state index contributed by atoms with van der Waals surface area (Å²) in [4.78, 5) is 24.3. The number of esters is 1. The fraction of sp³-hybridized carbons (Fsp3) is 0.429. The zero-order valence-corrected chi connectivity index (χ0v) is 12.4. The van der Waals surface area contributed by atoms with Crippen LogP contribution in [0.1, 0.15) is 26.3 Å². The number of hydrazine groups is 1. The lowest BCUT2D eigenvalue weighted by Crippen LogP contribution is -2.49. The van der Waals surface area contributed by atoms with Crippen molar-refractivity contribution in [2.45, 2.75) is 32.8 Å². The molecule has 1 atom stereocenters. The highest BCUT2D eigenvalue weighted by molar-refractivity contribution is 6.31. The number of carbonyl (C=O) groups excluding carboxylic acids is 2. The molecule has 1 aromatic rings. The number of nitrogens with two attached hydrogens (primary N) is 1. The van der Waals surface area contributed by atoms with Crippen LogP contribution in [0.15, 0.2) is 18.2 Å². The molecule has 0 saturated carbocycles. The average molecular weight is 297 g/mol. The van der Waals surface area contributed by atoms with Gasteiger partial charge in [0.05, 0.1) is 5.69 Å². The summed E-state index contributed by atoms with van der Waals surface area (Å²) in [7, 11) is 0. The molecule has 2 N–H and O–H groups in total. The summed E-state index contributed by atoms with van der Waals surface area (Å²) in [5.41, 5.74) is 0.687. The second-order valence-electron chi connectivity index (χ2n) is 5.77. The van der Waals surface area contributed by atoms with E-state index >= 15 is 0 Å². The van der Waals surface area contributed by atoms with Crippen molar-refractivity contribution < 1.29 is 14.3 Å². The maximum absolute atomic E-state index is 12.2. The van der Waals surface area contributed by atoms with E-state index in [-0.39, 0.29) is 6.42 Å². The molecule has 0 aliphatic carbocycles. The first-order valence-electron chi connectivity index (χ1n) is 6.29. The van der Waals surface area contributed by atoms with Gasteiger partial charge in [0, 0.05) is 5.02 Å². The van der Waals surface area contributed by atoms with Crippen LogP contribution in [0.2, 0.25) is 5.02 Å². The smallest absolute Gasteiger partial charge is 0.319 e. The Labute approximate surface area is 122 Å². The summed E-state index contributed by atoms with van der Waals surface area (Å²) in [6.45, 7) is 5.27. The molecule has 1 heterocycles. The second kappa shape index (κ2) is 5.07. The topological polar surface area (TPSA) is 72.6 Å². The van der Waals surface area contributed by atoms with E-state index in [1.807, 2.05) is 0 Å². The number of ether oxygens (including phenoxy) is 1. The predicted molar refractivity (Wildman–Crippen MR) is 76.2 cm³/mol. The standard InChI is InChI=1S/C14H17ClN2O3/c1-14(2,3)20-13(19)10-6-8-4-5-9(15)7-11(8)17(16)12(10)18/h4-5,7,10H,6,16H2,1-3H3. The lowest BCUT2D eigenvalue weighted by molar-refractivity contribution is -0.162. The number of anilines is 1. The molecular weight excluding hydrogens is 280 g/mol. The van der Waals surface area contributed by atoms with Crippen LogP contribution >= 0.6 is 11.6 Å². The minimum absolute atomic E-state index is 0.272. The molecule has 1 aromatic carbocycles. The molecule has 0 bridgehead atoms. The van der Waals surface area contributed by atoms with Crippen molar-refractivity contribution >= 4 is 29.2 Å². The van der Waals surface area contributed by atoms with Crippen molar-refractivity contribution in [3.63, 3.8) is 0 Å². The largest absolute Gasteiger partial charge is 0.459 e. The van der Waals surface area contributed by atoms with Crippen LogP contribution in [0.5, 0.6) is 0 Å². The molecular formula is C14H17ClN2O3. The third-order valence-electron chi connectivity index (χ3n) is 2.96. The fourth-order valence-electron chi connectivity index (χ4n) is 2.08. The Bertz CT molecular complexity index is 566. The highest BCUT2D eigenvalue weighted by Crippen LogP contribution is 2.32. The van der Waals surface area contributed by atoms with Gasteiger partial charge in [-0.3, -0.25) is 9.59 Å². The van der Waals surface area contributed by atoms with Gasteiger partial charge < -0.3 is 4.74 Å². The molecule has 5 nitrogen and oxygen atoms in total. The number of halogens is 1. The summed E-state index contributed by atoms with van der Waals surface area (Å²) >= 11 is 5.89. The van der Waals surface area contributed by atoms with Gasteiger partial charge in [0.1, 0.15) is 11.5 Å². The molecule has 108 valence electrons. The van der Waals surface area contributed by atoms with E-state index in [4.69, 9.17) is 22.2 Å². The van der Waals surface area contributed by atoms with Gasteiger partial charge in [-0.05, 0) is 44.9 Å². The predicted octanol–water partition coefficient (Wildman–Crippen LogP) is 2.06. The number of hydrogen-bond acceptors (Lipinski definition) is 4. The number of hydrogen-bond donors (Lipinski definition) is 1. The Morgan fingerprint density at radius 3 is 2.70 bits per heavy atom. The van der Waals surface area contributed by atoms with E-state index in [0.717, 1.165) is 10.6 Å². The quantitative estimate of drug-likeness (QED) is 0.373. The van der Waals surface area contributed by atoms with Crippen molar-refractivity contribution in [2.24, 2.45) is 11.8 Å². The van der Waals surface area contributed by atoms with Crippen LogP contribution in [0.3, 0.4) is 0 Å². The van der Waals surface area contributed by atoms with Crippen molar-refractivity contribution in [1.29, 1.82) is 0 Å². The summed E-state index contributed by atoms with van der Waals surface area (Å²) < 4.78 is 5.27. The highest BCUT2D eigenvalue weighted by Gasteiger charge is 2.38. The third kappa shape index (κ3) is 2.94. The van der Waals surface area contributed by atoms with Crippen molar-refractivity contribution in [1.82, 2.24) is 0 Å². The fourth-order valence-corrected chi connectivity index (χ4v) is 2.25. The van der Waals surface area contributed by atoms with Crippen LogP contribution in [-0.2, 0) is 20.7 Å². The Balaban J connectivity index is 2.29. The molecule has 2 rings (SSSR count). The number of rotatable bonds is 1. The van der Waals surface area contributed by atoms with Crippen LogP contribution in [-0.4, -0.2) is 17.5 Å². The van der Waals surface area contributed by atoms with E-state index in [1.54, 1.807) is 39.0 Å². The van der Waals surface area contributed by atoms with Crippen molar-refractivity contribution in [3.05, 3.63) is 28.8 Å². The van der Waals surface area contributed by atoms with Crippen LogP contribution in [0.4, 0.5) is 5.69 Å². The number of fused-ring (bicyclic) bond motifs is 1. The monoisotopic (exact) mass is 296 g/mol. The molecule has 6 heteroatoms. The minimum Gasteiger partial charge on any atom is -0.459 e. The summed E-state index contributed by atoms with van der Waals surface area (Å²) in [6, 6.07) is 5.08. The van der Waals surface area contributed by atoms with Gasteiger partial charge in [0.25, 0.3) is 5.91 Å². The van der Waals surface area contributed by atoms with Crippen molar-refractivity contribution in [2.75, 3.05) is 5.01 Å². The lowest BCUT2D eigenvalue weighted by atomic mass is 9.92. The Morgan fingerprint density at radius 1 is 1.45 bits per heavy atom. The summed E-state index contributed by atoms with van der Waals surface area (Å²) in [6.07, 6.45) is 0.272. The molecule has 0 aromatic heterocycles. The van der Waals surface area contributed by atoms with Gasteiger partial charge in [-0.2, -0.15) is 0 Å². The zero-order valence-electron chi connectivity index (χ0n) is 11.6. The van der Waals surface area contributed by atoms with Gasteiger partial charge in [-0.15, -0.1) is 0 Å². The van der Waals surface area contributed by atoms with Gasteiger partial charge in [-0.1, -0.05) is 17.7 Å². The van der Waals surface area contributed by atoms with E-state index < -0.39 is 23.4 Å². The number of benzene rings is 1. The number of amides is 1. The normalized spacial score (nSPS) is 18.8. The van der Waals surface area contributed by atoms with Gasteiger partial charge in [0.15, 0.2) is 0 Å². The van der Waals surface area contributed by atoms with E-state index in [2.05, 4.69) is 0 Å². The Morgan fingerprint density at radius 2 is 2.10 bits per heavy atom. The zero-order chi connectivity index (χ0) is 15.1. The molecule has 1 unspecified atom stereocenters. The number of carbonyl (C=O) groups is 2. The molecule has 0 fully saturated rings. The first-order valence-corrected chi connectivity index (χ1v) is 6.67. The summed E-state index contributed by atoms with van der Waals surface area (Å²) in [5.74, 6) is 3.82.